The molecule has 1 aromatic heterocycles. The number of likely N-dealkylation sites (tertiary alicyclic amines) is 1. The fourth-order valence-corrected chi connectivity index (χ4v) is 6.18. The van der Waals surface area contributed by atoms with Crippen molar-refractivity contribution in [1.29, 1.82) is 0 Å². The minimum Gasteiger partial charge on any atom is -0.339 e. The molecule has 2 aliphatic rings. The molecule has 0 aliphatic carbocycles. The van der Waals surface area contributed by atoms with E-state index < -0.39 is 10.0 Å². The molecule has 0 amide bonds. The number of aromatic nitrogens is 2. The summed E-state index contributed by atoms with van der Waals surface area (Å²) in [6.45, 7) is 7.25. The minimum atomic E-state index is -3.68. The van der Waals surface area contributed by atoms with Gasteiger partial charge in [-0.3, -0.25) is 0 Å². The first kappa shape index (κ1) is 22.4. The van der Waals surface area contributed by atoms with Gasteiger partial charge in [0.05, 0.1) is 6.33 Å². The summed E-state index contributed by atoms with van der Waals surface area (Å²) in [4.78, 5) is 6.54. The Labute approximate surface area is 184 Å². The van der Waals surface area contributed by atoms with Crippen molar-refractivity contribution < 1.29 is 12.8 Å². The van der Waals surface area contributed by atoms with Crippen LogP contribution in [0, 0.1) is 5.82 Å². The van der Waals surface area contributed by atoms with E-state index in [1.165, 1.54) is 29.0 Å². The highest BCUT2D eigenvalue weighted by atomic mass is 32.2. The van der Waals surface area contributed by atoms with E-state index >= 15 is 0 Å². The third kappa shape index (κ3) is 4.84. The average Bonchev–Trinajstić information content (AvgIpc) is 3.36. The number of nitrogens with one attached hydrogen (secondary N) is 1. The lowest BCUT2D eigenvalue weighted by atomic mass is 9.92. The number of hydrogen-bond acceptors (Lipinski definition) is 5. The summed E-state index contributed by atoms with van der Waals surface area (Å²) < 4.78 is 43.0. The Balaban J connectivity index is 1.53. The second-order valence-corrected chi connectivity index (χ2v) is 10.9. The topological polar surface area (TPSA) is 70.5 Å². The number of rotatable bonds is 6. The van der Waals surface area contributed by atoms with Crippen LogP contribution >= 0.6 is 0 Å². The number of imidazole rings is 1. The average molecular weight is 450 g/mol. The van der Waals surface area contributed by atoms with Crippen LogP contribution < -0.4 is 5.32 Å². The highest BCUT2D eigenvalue weighted by Gasteiger charge is 2.41. The molecule has 2 atom stereocenters. The minimum absolute atomic E-state index is 0.0282. The maximum absolute atomic E-state index is 13.5. The summed E-state index contributed by atoms with van der Waals surface area (Å²) in [6.07, 6.45) is 5.11. The second kappa shape index (κ2) is 8.97. The van der Waals surface area contributed by atoms with Gasteiger partial charge in [-0.2, -0.15) is 4.31 Å². The van der Waals surface area contributed by atoms with Crippen LogP contribution in [0.3, 0.4) is 0 Å². The number of piperidine rings is 1. The van der Waals surface area contributed by atoms with Gasteiger partial charge in [0.15, 0.2) is 5.03 Å². The molecule has 4 rings (SSSR count). The van der Waals surface area contributed by atoms with E-state index in [0.29, 0.717) is 25.2 Å². The molecule has 31 heavy (non-hydrogen) atoms. The molecule has 0 spiro atoms. The number of sulfonamides is 1. The van der Waals surface area contributed by atoms with Gasteiger partial charge >= 0.3 is 0 Å². The number of aryl methyl sites for hydroxylation is 1. The lowest BCUT2D eigenvalue weighted by Crippen LogP contribution is -2.49. The molecule has 170 valence electrons. The number of halogens is 1. The molecule has 2 saturated heterocycles. The summed E-state index contributed by atoms with van der Waals surface area (Å²) in [5.41, 5.74) is 0.956. The van der Waals surface area contributed by atoms with E-state index in [0.717, 1.165) is 31.5 Å². The molecule has 2 aliphatic heterocycles. The zero-order valence-corrected chi connectivity index (χ0v) is 19.2. The van der Waals surface area contributed by atoms with Gasteiger partial charge < -0.3 is 14.8 Å². The molecule has 0 bridgehead atoms. The van der Waals surface area contributed by atoms with Crippen LogP contribution in [0.5, 0.6) is 0 Å². The van der Waals surface area contributed by atoms with Gasteiger partial charge in [-0.1, -0.05) is 12.1 Å². The van der Waals surface area contributed by atoms with Crippen LogP contribution in [0.15, 0.2) is 41.8 Å². The quantitative estimate of drug-likeness (QED) is 0.732. The first-order valence-corrected chi connectivity index (χ1v) is 12.4. The maximum atomic E-state index is 13.5. The molecular formula is C22H32FN5O2S. The number of nitrogens with zero attached hydrogens (tertiary/aromatic N) is 4. The van der Waals surface area contributed by atoms with Crippen LogP contribution in [-0.2, 0) is 17.1 Å². The Morgan fingerprint density at radius 2 is 1.81 bits per heavy atom. The van der Waals surface area contributed by atoms with Crippen molar-refractivity contribution in [1.82, 2.24) is 24.1 Å². The van der Waals surface area contributed by atoms with Crippen molar-refractivity contribution in [2.75, 3.05) is 26.2 Å². The van der Waals surface area contributed by atoms with Crippen molar-refractivity contribution in [2.24, 2.45) is 7.05 Å². The van der Waals surface area contributed by atoms with Gasteiger partial charge in [-0.25, -0.2) is 17.8 Å². The molecule has 0 radical (unpaired) electrons. The first-order chi connectivity index (χ1) is 14.7. The zero-order chi connectivity index (χ0) is 22.2. The molecule has 1 aromatic carbocycles. The SMILES string of the molecule is CC(C)N1CCC(N[C@@H]2CN(S(=O)(=O)c3cn(C)cn3)C[C@H]2c2ccc(F)cc2)CC1. The lowest BCUT2D eigenvalue weighted by molar-refractivity contribution is 0.156. The van der Waals surface area contributed by atoms with E-state index in [4.69, 9.17) is 0 Å². The smallest absolute Gasteiger partial charge is 0.262 e. The fourth-order valence-electron chi connectivity index (χ4n) is 4.72. The molecule has 2 fully saturated rings. The molecule has 9 heteroatoms. The predicted octanol–water partition coefficient (Wildman–Crippen LogP) is 2.18. The van der Waals surface area contributed by atoms with Gasteiger partial charge in [0.2, 0.25) is 0 Å². The van der Waals surface area contributed by atoms with Gasteiger partial charge in [0.1, 0.15) is 5.82 Å². The summed E-state index contributed by atoms with van der Waals surface area (Å²) in [5.74, 6) is -0.326. The summed E-state index contributed by atoms with van der Waals surface area (Å²) in [6, 6.07) is 7.30. The van der Waals surface area contributed by atoms with Crippen molar-refractivity contribution in [3.05, 3.63) is 48.2 Å². The zero-order valence-electron chi connectivity index (χ0n) is 18.4. The molecule has 0 saturated carbocycles. The maximum Gasteiger partial charge on any atom is 0.262 e. The first-order valence-electron chi connectivity index (χ1n) is 11.0. The van der Waals surface area contributed by atoms with Crippen LogP contribution in [-0.4, -0.2) is 71.5 Å². The molecule has 0 unspecified atom stereocenters. The summed E-state index contributed by atoms with van der Waals surface area (Å²) in [5, 5.41) is 3.82. The van der Waals surface area contributed by atoms with Crippen LogP contribution in [0.1, 0.15) is 38.2 Å². The van der Waals surface area contributed by atoms with Crippen LogP contribution in [0.2, 0.25) is 0 Å². The van der Waals surface area contributed by atoms with E-state index in [1.807, 2.05) is 0 Å². The van der Waals surface area contributed by atoms with Crippen molar-refractivity contribution >= 4 is 10.0 Å². The summed E-state index contributed by atoms with van der Waals surface area (Å²) >= 11 is 0. The molecule has 1 N–H and O–H groups in total. The Kier molecular flexibility index (Phi) is 6.48. The van der Waals surface area contributed by atoms with E-state index in [2.05, 4.69) is 29.0 Å². The van der Waals surface area contributed by atoms with E-state index in [9.17, 15) is 12.8 Å². The van der Waals surface area contributed by atoms with Crippen molar-refractivity contribution in [3.63, 3.8) is 0 Å². The van der Waals surface area contributed by atoms with Gasteiger partial charge in [0, 0.05) is 50.4 Å². The van der Waals surface area contributed by atoms with E-state index in [-0.39, 0.29) is 22.8 Å². The Morgan fingerprint density at radius 3 is 2.39 bits per heavy atom. The van der Waals surface area contributed by atoms with E-state index in [1.54, 1.807) is 23.7 Å². The molecule has 3 heterocycles. The van der Waals surface area contributed by atoms with Gasteiger partial charge in [0.25, 0.3) is 10.0 Å². The third-order valence-corrected chi connectivity index (χ3v) is 8.30. The van der Waals surface area contributed by atoms with Crippen LogP contribution in [0.25, 0.3) is 0 Å². The van der Waals surface area contributed by atoms with Crippen molar-refractivity contribution in [3.8, 4) is 0 Å². The highest BCUT2D eigenvalue weighted by molar-refractivity contribution is 7.89. The number of hydrogen-bond donors (Lipinski definition) is 1. The number of benzene rings is 1. The second-order valence-electron chi connectivity index (χ2n) is 9.03. The molecular weight excluding hydrogens is 417 g/mol. The standard InChI is InChI=1S/C22H32FN5O2S/c1-16(2)27-10-8-19(9-11-27)25-21-13-28(31(29,30)22-14-26(3)15-24-22)12-20(21)17-4-6-18(23)7-5-17/h4-7,14-16,19-21,25H,8-13H2,1-3H3/t20-,21+/m0/s1. The molecule has 2 aromatic rings. The molecule has 7 nitrogen and oxygen atoms in total. The largest absolute Gasteiger partial charge is 0.339 e. The van der Waals surface area contributed by atoms with Crippen LogP contribution in [0.4, 0.5) is 4.39 Å². The predicted molar refractivity (Wildman–Crippen MR) is 118 cm³/mol. The Bertz CT molecular complexity index is 984. The highest BCUT2D eigenvalue weighted by Crippen LogP contribution is 2.32. The third-order valence-electron chi connectivity index (χ3n) is 6.58. The van der Waals surface area contributed by atoms with Gasteiger partial charge in [-0.05, 0) is 57.5 Å². The van der Waals surface area contributed by atoms with Gasteiger partial charge in [-0.15, -0.1) is 0 Å². The Morgan fingerprint density at radius 1 is 1.13 bits per heavy atom. The lowest BCUT2D eigenvalue weighted by Gasteiger charge is -2.36. The summed E-state index contributed by atoms with van der Waals surface area (Å²) in [7, 11) is -1.93. The normalized spacial score (nSPS) is 24.3. The fraction of sp³-hybridized carbons (Fsp3) is 0.591. The van der Waals surface area contributed by atoms with Crippen molar-refractivity contribution in [2.45, 2.75) is 55.8 Å². The Hall–Kier alpha value is -1.81. The monoisotopic (exact) mass is 449 g/mol.